The lowest BCUT2D eigenvalue weighted by Gasteiger charge is -2.07. The molecule has 0 saturated heterocycles. The van der Waals surface area contributed by atoms with Gasteiger partial charge < -0.3 is 4.74 Å². The minimum absolute atomic E-state index is 0.280. The molecule has 5 nitrogen and oxygen atoms in total. The summed E-state index contributed by atoms with van der Waals surface area (Å²) in [7, 11) is 0. The van der Waals surface area contributed by atoms with Crippen LogP contribution in [-0.4, -0.2) is 10.9 Å². The van der Waals surface area contributed by atoms with Crippen molar-refractivity contribution in [2.45, 2.75) is 6.92 Å². The Bertz CT molecular complexity index is 707. The van der Waals surface area contributed by atoms with Crippen molar-refractivity contribution >= 4 is 12.0 Å². The lowest BCUT2D eigenvalue weighted by atomic mass is 10.1. The van der Waals surface area contributed by atoms with Gasteiger partial charge in [-0.3, -0.25) is 10.1 Å². The van der Waals surface area contributed by atoms with Crippen molar-refractivity contribution in [3.8, 4) is 5.75 Å². The van der Waals surface area contributed by atoms with Crippen LogP contribution in [0.4, 0.5) is 0 Å². The Balaban J connectivity index is 2.23. The Hall–Kier alpha value is -2.95. The zero-order valence-electron chi connectivity index (χ0n) is 11.4. The van der Waals surface area contributed by atoms with Crippen molar-refractivity contribution in [2.75, 3.05) is 0 Å². The van der Waals surface area contributed by atoms with E-state index in [-0.39, 0.29) is 5.75 Å². The monoisotopic (exact) mass is 283 g/mol. The summed E-state index contributed by atoms with van der Waals surface area (Å²) in [4.78, 5) is 21.9. The van der Waals surface area contributed by atoms with Crippen molar-refractivity contribution in [1.82, 2.24) is 0 Å². The predicted molar refractivity (Wildman–Crippen MR) is 78.6 cm³/mol. The summed E-state index contributed by atoms with van der Waals surface area (Å²) in [5.74, 6) is -0.220. The van der Waals surface area contributed by atoms with E-state index in [1.54, 1.807) is 42.5 Å². The minimum Gasteiger partial charge on any atom is -0.422 e. The van der Waals surface area contributed by atoms with Crippen molar-refractivity contribution in [2.24, 2.45) is 0 Å². The Morgan fingerprint density at radius 1 is 1.19 bits per heavy atom. The Morgan fingerprint density at radius 3 is 2.67 bits per heavy atom. The van der Waals surface area contributed by atoms with Gasteiger partial charge in [0.2, 0.25) is 6.20 Å². The van der Waals surface area contributed by atoms with E-state index in [0.717, 1.165) is 11.8 Å². The second-order valence-electron chi connectivity index (χ2n) is 4.40. The number of rotatable bonds is 4. The van der Waals surface area contributed by atoms with Gasteiger partial charge in [-0.2, -0.15) is 0 Å². The Morgan fingerprint density at radius 2 is 1.95 bits per heavy atom. The van der Waals surface area contributed by atoms with Crippen molar-refractivity contribution in [1.29, 1.82) is 0 Å². The predicted octanol–water partition coefficient (Wildman–Crippen LogP) is 3.46. The summed E-state index contributed by atoms with van der Waals surface area (Å²) in [6.07, 6.45) is 2.10. The molecule has 0 N–H and O–H groups in total. The number of esters is 1. The quantitative estimate of drug-likeness (QED) is 0.373. The lowest BCUT2D eigenvalue weighted by Crippen LogP contribution is -2.09. The highest BCUT2D eigenvalue weighted by Gasteiger charge is 2.10. The van der Waals surface area contributed by atoms with E-state index in [4.69, 9.17) is 4.74 Å². The van der Waals surface area contributed by atoms with Gasteiger partial charge in [0.15, 0.2) is 0 Å². The van der Waals surface area contributed by atoms with Gasteiger partial charge in [0.25, 0.3) is 0 Å². The molecule has 0 radical (unpaired) electrons. The molecule has 0 saturated carbocycles. The minimum atomic E-state index is -0.570. The number of carbonyl (C=O) groups excluding carboxylic acids is 1. The summed E-state index contributed by atoms with van der Waals surface area (Å²) >= 11 is 0. The Labute approximate surface area is 121 Å². The molecule has 2 aromatic carbocycles. The molecule has 0 aromatic heterocycles. The molecule has 0 atom stereocenters. The first-order valence-electron chi connectivity index (χ1n) is 6.26. The first-order valence-corrected chi connectivity index (χ1v) is 6.26. The van der Waals surface area contributed by atoms with E-state index < -0.39 is 10.9 Å². The fourth-order valence-corrected chi connectivity index (χ4v) is 1.78. The average molecular weight is 283 g/mol. The van der Waals surface area contributed by atoms with E-state index in [1.165, 1.54) is 6.08 Å². The third-order valence-electron chi connectivity index (χ3n) is 2.75. The maximum atomic E-state index is 12.1. The van der Waals surface area contributed by atoms with Crippen molar-refractivity contribution in [3.63, 3.8) is 0 Å². The molecule has 21 heavy (non-hydrogen) atoms. The summed E-state index contributed by atoms with van der Waals surface area (Å²) < 4.78 is 5.31. The van der Waals surface area contributed by atoms with E-state index in [1.807, 2.05) is 13.0 Å². The topological polar surface area (TPSA) is 69.4 Å². The highest BCUT2D eigenvalue weighted by Crippen LogP contribution is 2.21. The number of hydrogen-bond donors (Lipinski definition) is 0. The first-order chi connectivity index (χ1) is 10.1. The number of carbonyl (C=O) groups is 1. The molecule has 0 fully saturated rings. The normalized spacial score (nSPS) is 10.5. The number of nitrogens with zero attached hydrogens (tertiary/aromatic N) is 1. The lowest BCUT2D eigenvalue weighted by molar-refractivity contribution is -0.400. The van der Waals surface area contributed by atoms with Crippen LogP contribution in [0.15, 0.2) is 54.7 Å². The van der Waals surface area contributed by atoms with Crippen LogP contribution in [0, 0.1) is 17.0 Å². The third-order valence-corrected chi connectivity index (χ3v) is 2.75. The van der Waals surface area contributed by atoms with Crippen LogP contribution in [-0.2, 0) is 0 Å². The van der Waals surface area contributed by atoms with Gasteiger partial charge in [-0.25, -0.2) is 4.79 Å². The number of nitro groups is 1. The zero-order valence-corrected chi connectivity index (χ0v) is 11.4. The maximum Gasteiger partial charge on any atom is 0.343 e. The zero-order chi connectivity index (χ0) is 15.2. The van der Waals surface area contributed by atoms with Gasteiger partial charge in [-0.1, -0.05) is 35.9 Å². The molecular weight excluding hydrogens is 270 g/mol. The largest absolute Gasteiger partial charge is 0.422 e. The number of benzene rings is 2. The summed E-state index contributed by atoms with van der Waals surface area (Å²) in [6.45, 7) is 1.88. The van der Waals surface area contributed by atoms with Crippen LogP contribution in [0.3, 0.4) is 0 Å². The van der Waals surface area contributed by atoms with E-state index >= 15 is 0 Å². The fourth-order valence-electron chi connectivity index (χ4n) is 1.78. The molecule has 106 valence electrons. The molecule has 2 rings (SSSR count). The van der Waals surface area contributed by atoms with E-state index in [2.05, 4.69) is 0 Å². The molecule has 0 heterocycles. The van der Waals surface area contributed by atoms with Gasteiger partial charge in [0.1, 0.15) is 5.75 Å². The van der Waals surface area contributed by atoms with Crippen LogP contribution in [0.25, 0.3) is 6.08 Å². The average Bonchev–Trinajstić information content (AvgIpc) is 2.46. The van der Waals surface area contributed by atoms with Gasteiger partial charge in [0, 0.05) is 11.6 Å². The molecule has 2 aromatic rings. The van der Waals surface area contributed by atoms with Crippen molar-refractivity contribution < 1.29 is 14.5 Å². The molecule has 0 unspecified atom stereocenters. The second kappa shape index (κ2) is 6.47. The second-order valence-corrected chi connectivity index (χ2v) is 4.40. The smallest absolute Gasteiger partial charge is 0.343 e. The summed E-state index contributed by atoms with van der Waals surface area (Å²) in [5.41, 5.74) is 1.85. The summed E-state index contributed by atoms with van der Waals surface area (Å²) in [5, 5.41) is 10.4. The third kappa shape index (κ3) is 4.01. The first kappa shape index (κ1) is 14.5. The maximum absolute atomic E-state index is 12.1. The van der Waals surface area contributed by atoms with Crippen LogP contribution in [0.2, 0.25) is 0 Å². The molecule has 0 amide bonds. The number of para-hydroxylation sites is 1. The standard InChI is InChI=1S/C16H13NO4/c1-12-5-4-7-14(11-12)16(18)21-15-8-3-2-6-13(15)9-10-17(19)20/h2-11H,1H3/b10-9+. The van der Waals surface area contributed by atoms with Crippen molar-refractivity contribution in [3.05, 3.63) is 81.5 Å². The Kier molecular flexibility index (Phi) is 4.46. The van der Waals surface area contributed by atoms with E-state index in [0.29, 0.717) is 11.1 Å². The van der Waals surface area contributed by atoms with Crippen LogP contribution < -0.4 is 4.74 Å². The highest BCUT2D eigenvalue weighted by molar-refractivity contribution is 5.91. The molecule has 0 aliphatic rings. The molecular formula is C16H13NO4. The van der Waals surface area contributed by atoms with Gasteiger partial charge in [-0.15, -0.1) is 0 Å². The van der Waals surface area contributed by atoms with E-state index in [9.17, 15) is 14.9 Å². The van der Waals surface area contributed by atoms with Gasteiger partial charge in [0.05, 0.1) is 10.5 Å². The van der Waals surface area contributed by atoms with Gasteiger partial charge in [-0.05, 0) is 25.1 Å². The fraction of sp³-hybridized carbons (Fsp3) is 0.0625. The number of aryl methyl sites for hydroxylation is 1. The van der Waals surface area contributed by atoms with Crippen LogP contribution >= 0.6 is 0 Å². The summed E-state index contributed by atoms with van der Waals surface area (Å²) in [6, 6.07) is 13.7. The van der Waals surface area contributed by atoms with Crippen LogP contribution in [0.1, 0.15) is 21.5 Å². The molecule has 0 bridgehead atoms. The molecule has 5 heteroatoms. The number of ether oxygens (including phenoxy) is 1. The molecule has 0 aliphatic carbocycles. The SMILES string of the molecule is Cc1cccc(C(=O)Oc2ccccc2/C=C/[N+](=O)[O-])c1. The van der Waals surface area contributed by atoms with Crippen LogP contribution in [0.5, 0.6) is 5.75 Å². The molecule has 0 aliphatic heterocycles. The highest BCUT2D eigenvalue weighted by atomic mass is 16.6. The van der Waals surface area contributed by atoms with Gasteiger partial charge >= 0.3 is 5.97 Å². The number of hydrogen-bond acceptors (Lipinski definition) is 4. The molecule has 0 spiro atoms.